The molecule has 10 heteroatoms. The Balaban J connectivity index is 1.79. The number of rotatable bonds is 9. The quantitative estimate of drug-likeness (QED) is 0.307. The van der Waals surface area contributed by atoms with Crippen LogP contribution in [0.4, 0.5) is 18.9 Å². The maximum Gasteiger partial charge on any atom is 0.573 e. The summed E-state index contributed by atoms with van der Waals surface area (Å²) < 4.78 is 67.4. The van der Waals surface area contributed by atoms with Gasteiger partial charge >= 0.3 is 6.36 Å². The van der Waals surface area contributed by atoms with Crippen LogP contribution in [0.2, 0.25) is 5.02 Å². The first-order valence-corrected chi connectivity index (χ1v) is 13.6. The van der Waals surface area contributed by atoms with Crippen molar-refractivity contribution in [3.63, 3.8) is 0 Å². The molecule has 1 amide bonds. The van der Waals surface area contributed by atoms with Crippen molar-refractivity contribution in [2.45, 2.75) is 44.9 Å². The van der Waals surface area contributed by atoms with Crippen molar-refractivity contribution in [3.8, 4) is 16.9 Å². The van der Waals surface area contributed by atoms with Gasteiger partial charge in [0.1, 0.15) is 5.75 Å². The van der Waals surface area contributed by atoms with E-state index in [4.69, 9.17) is 11.6 Å². The number of halogens is 4. The highest BCUT2D eigenvalue weighted by Crippen LogP contribution is 2.39. The second kappa shape index (κ2) is 11.6. The molecule has 0 spiro atoms. The molecule has 0 heterocycles. The summed E-state index contributed by atoms with van der Waals surface area (Å²) in [6.07, 6.45) is -4.29. The third-order valence-electron chi connectivity index (χ3n) is 5.49. The molecule has 0 atom stereocenters. The number of hydrogen-bond donors (Lipinski definition) is 1. The fourth-order valence-corrected chi connectivity index (χ4v) is 4.95. The van der Waals surface area contributed by atoms with E-state index in [2.05, 4.69) is 10.1 Å². The number of carbonyl (C=O) groups is 1. The summed E-state index contributed by atoms with van der Waals surface area (Å²) in [6.45, 7) is 5.49. The molecule has 0 saturated carbocycles. The predicted octanol–water partition coefficient (Wildman–Crippen LogP) is 7.08. The number of amides is 1. The van der Waals surface area contributed by atoms with Gasteiger partial charge in [0.2, 0.25) is 5.91 Å². The molecule has 37 heavy (non-hydrogen) atoms. The van der Waals surface area contributed by atoms with Gasteiger partial charge in [-0.3, -0.25) is 4.79 Å². The van der Waals surface area contributed by atoms with Gasteiger partial charge in [0.25, 0.3) is 0 Å². The Hall–Kier alpha value is -3.04. The molecule has 3 aromatic carbocycles. The Bertz CT molecular complexity index is 1370. The molecule has 0 bridgehead atoms. The second-order valence-corrected chi connectivity index (χ2v) is 11.6. The molecule has 1 N–H and O–H groups in total. The Labute approximate surface area is 219 Å². The molecule has 3 aromatic rings. The van der Waals surface area contributed by atoms with Crippen LogP contribution in [-0.2, 0) is 27.5 Å². The largest absolute Gasteiger partial charge is 0.573 e. The lowest BCUT2D eigenvalue weighted by Gasteiger charge is -2.17. The van der Waals surface area contributed by atoms with Crippen LogP contribution < -0.4 is 10.1 Å². The van der Waals surface area contributed by atoms with E-state index in [-0.39, 0.29) is 45.2 Å². The van der Waals surface area contributed by atoms with Crippen LogP contribution in [0.25, 0.3) is 11.1 Å². The number of hydrogen-bond acceptors (Lipinski definition) is 4. The van der Waals surface area contributed by atoms with Crippen molar-refractivity contribution >= 4 is 33.0 Å². The van der Waals surface area contributed by atoms with Gasteiger partial charge in [-0.05, 0) is 53.8 Å². The first-order valence-electron chi connectivity index (χ1n) is 11.6. The van der Waals surface area contributed by atoms with Crippen LogP contribution in [-0.4, -0.2) is 26.4 Å². The summed E-state index contributed by atoms with van der Waals surface area (Å²) in [5.74, 6) is -0.486. The lowest BCUT2D eigenvalue weighted by atomic mass is 9.98. The molecule has 0 fully saturated rings. The molecule has 198 valence electrons. The van der Waals surface area contributed by atoms with Gasteiger partial charge in [-0.25, -0.2) is 8.42 Å². The van der Waals surface area contributed by atoms with E-state index < -0.39 is 16.2 Å². The highest BCUT2D eigenvalue weighted by atomic mass is 35.5. The van der Waals surface area contributed by atoms with E-state index in [1.54, 1.807) is 31.2 Å². The van der Waals surface area contributed by atoms with Crippen LogP contribution in [0.15, 0.2) is 65.6 Å². The maximum absolute atomic E-state index is 13.1. The third kappa shape index (κ3) is 7.97. The highest BCUT2D eigenvalue weighted by Gasteiger charge is 2.32. The molecule has 0 saturated heterocycles. The van der Waals surface area contributed by atoms with Crippen molar-refractivity contribution in [1.82, 2.24) is 0 Å². The minimum atomic E-state index is -4.87. The number of carbonyl (C=O) groups excluding carboxylic acids is 1. The SMILES string of the molecule is CCS(=O)(=O)c1ccc(CC(=O)Nc2ccc(-c3ccc(CC(C)C)cc3OC(F)(F)F)c(Cl)c2)cc1. The molecule has 0 radical (unpaired) electrons. The first-order chi connectivity index (χ1) is 17.3. The molecule has 3 rings (SSSR count). The van der Waals surface area contributed by atoms with Gasteiger partial charge in [0.05, 0.1) is 22.1 Å². The van der Waals surface area contributed by atoms with Crippen LogP contribution in [0.1, 0.15) is 31.9 Å². The fourth-order valence-electron chi connectivity index (χ4n) is 3.78. The molecule has 5 nitrogen and oxygen atoms in total. The van der Waals surface area contributed by atoms with E-state index >= 15 is 0 Å². The Morgan fingerprint density at radius 3 is 2.16 bits per heavy atom. The lowest BCUT2D eigenvalue weighted by Crippen LogP contribution is -2.18. The van der Waals surface area contributed by atoms with Gasteiger partial charge in [0.15, 0.2) is 9.84 Å². The zero-order chi connectivity index (χ0) is 27.4. The van der Waals surface area contributed by atoms with Gasteiger partial charge in [0, 0.05) is 16.8 Å². The number of ether oxygens (including phenoxy) is 1. The monoisotopic (exact) mass is 553 g/mol. The smallest absolute Gasteiger partial charge is 0.405 e. The van der Waals surface area contributed by atoms with E-state index in [0.29, 0.717) is 28.8 Å². The van der Waals surface area contributed by atoms with Crippen LogP contribution in [0, 0.1) is 5.92 Å². The molecule has 0 aromatic heterocycles. The minimum absolute atomic E-state index is 0.00723. The van der Waals surface area contributed by atoms with E-state index in [1.807, 2.05) is 13.8 Å². The topological polar surface area (TPSA) is 72.5 Å². The maximum atomic E-state index is 13.1. The third-order valence-corrected chi connectivity index (χ3v) is 7.55. The van der Waals surface area contributed by atoms with Crippen LogP contribution in [0.3, 0.4) is 0 Å². The van der Waals surface area contributed by atoms with Gasteiger partial charge in [-0.1, -0.05) is 62.7 Å². The fraction of sp³-hybridized carbons (Fsp3) is 0.296. The van der Waals surface area contributed by atoms with Crippen LogP contribution >= 0.6 is 11.6 Å². The van der Waals surface area contributed by atoms with Gasteiger partial charge in [-0.2, -0.15) is 0 Å². The summed E-state index contributed by atoms with van der Waals surface area (Å²) in [4.78, 5) is 12.7. The molecule has 0 aliphatic rings. The summed E-state index contributed by atoms with van der Waals surface area (Å²) in [6, 6.07) is 15.2. The van der Waals surface area contributed by atoms with Crippen molar-refractivity contribution < 1.29 is 31.1 Å². The van der Waals surface area contributed by atoms with E-state index in [0.717, 1.165) is 0 Å². The molecule has 0 unspecified atom stereocenters. The lowest BCUT2D eigenvalue weighted by molar-refractivity contribution is -0.274. The molecular formula is C27H27ClF3NO4S. The zero-order valence-corrected chi connectivity index (χ0v) is 22.1. The second-order valence-electron chi connectivity index (χ2n) is 8.94. The minimum Gasteiger partial charge on any atom is -0.405 e. The number of sulfone groups is 1. The average Bonchev–Trinajstić information content (AvgIpc) is 2.79. The normalized spacial score (nSPS) is 12.0. The number of alkyl halides is 3. The Morgan fingerprint density at radius 1 is 0.973 bits per heavy atom. The van der Waals surface area contributed by atoms with Crippen molar-refractivity contribution in [2.75, 3.05) is 11.1 Å². The van der Waals surface area contributed by atoms with Gasteiger partial charge in [-0.15, -0.1) is 13.2 Å². The first kappa shape index (κ1) is 28.5. The standard InChI is InChI=1S/C27H27ClF3NO4S/c1-4-37(34,35)21-9-5-18(6-10-21)15-26(33)32-20-8-12-22(24(28)16-20)23-11-7-19(13-17(2)3)14-25(23)36-27(29,30)31/h5-12,14,16-17H,4,13,15H2,1-3H3,(H,32,33). The zero-order valence-electron chi connectivity index (χ0n) is 20.5. The summed E-state index contributed by atoms with van der Waals surface area (Å²) in [7, 11) is -3.33. The van der Waals surface area contributed by atoms with E-state index in [9.17, 15) is 26.4 Å². The Kier molecular flexibility index (Phi) is 8.92. The van der Waals surface area contributed by atoms with Crippen molar-refractivity contribution in [3.05, 3.63) is 76.8 Å². The molecule has 0 aliphatic carbocycles. The van der Waals surface area contributed by atoms with Gasteiger partial charge < -0.3 is 10.1 Å². The van der Waals surface area contributed by atoms with E-state index in [1.165, 1.54) is 36.4 Å². The van der Waals surface area contributed by atoms with Crippen molar-refractivity contribution in [2.24, 2.45) is 5.92 Å². The average molecular weight is 554 g/mol. The Morgan fingerprint density at radius 2 is 1.59 bits per heavy atom. The summed E-state index contributed by atoms with van der Waals surface area (Å²) in [5, 5.41) is 2.83. The predicted molar refractivity (Wildman–Crippen MR) is 139 cm³/mol. The summed E-state index contributed by atoms with van der Waals surface area (Å²) >= 11 is 6.40. The number of nitrogens with one attached hydrogen (secondary N) is 1. The number of anilines is 1. The van der Waals surface area contributed by atoms with Crippen LogP contribution in [0.5, 0.6) is 5.75 Å². The molecular weight excluding hydrogens is 527 g/mol. The van der Waals surface area contributed by atoms with Crippen molar-refractivity contribution in [1.29, 1.82) is 0 Å². The highest BCUT2D eigenvalue weighted by molar-refractivity contribution is 7.91. The number of benzene rings is 3. The summed E-state index contributed by atoms with van der Waals surface area (Å²) in [5.41, 5.74) is 2.18. The molecule has 0 aliphatic heterocycles.